The highest BCUT2D eigenvalue weighted by molar-refractivity contribution is 7.11. The van der Waals surface area contributed by atoms with E-state index in [4.69, 9.17) is 0 Å². The molecule has 3 aliphatic heterocycles. The Bertz CT molecular complexity index is 1090. The van der Waals surface area contributed by atoms with E-state index in [0.717, 1.165) is 43.0 Å². The van der Waals surface area contributed by atoms with Crippen molar-refractivity contribution < 1.29 is 18.8 Å². The SMILES string of the molecule is Cc1cnc(CN2CCC(c3cc4c(cc3F)C(=O)N(C3CCC(=O)NC3=O)C4)CC2)s1. The fourth-order valence-electron chi connectivity index (χ4n) is 4.99. The molecule has 0 saturated carbocycles. The van der Waals surface area contributed by atoms with Crippen LogP contribution in [-0.4, -0.2) is 51.6 Å². The standard InChI is InChI=1S/C23H25FN4O3S/c1-13-10-25-21(32-13)12-27-6-4-14(5-7-27)16-8-15-11-28(23(31)17(15)9-18(16)24)19-2-3-20(29)26-22(19)30/h8-10,14,19H,2-7,11-12H2,1H3,(H,26,29,30). The molecule has 2 aromatic rings. The predicted molar refractivity (Wildman–Crippen MR) is 117 cm³/mol. The van der Waals surface area contributed by atoms with Crippen LogP contribution in [0, 0.1) is 12.7 Å². The summed E-state index contributed by atoms with van der Waals surface area (Å²) in [5, 5.41) is 3.40. The number of likely N-dealkylation sites (tertiary alicyclic amines) is 1. The molecular weight excluding hydrogens is 431 g/mol. The Labute approximate surface area is 189 Å². The number of amides is 3. The van der Waals surface area contributed by atoms with Gasteiger partial charge in [-0.1, -0.05) is 6.07 Å². The fraction of sp³-hybridized carbons (Fsp3) is 0.478. The van der Waals surface area contributed by atoms with Crippen molar-refractivity contribution in [3.63, 3.8) is 0 Å². The number of piperidine rings is 2. The fourth-order valence-corrected chi connectivity index (χ4v) is 5.82. The van der Waals surface area contributed by atoms with Gasteiger partial charge >= 0.3 is 0 Å². The van der Waals surface area contributed by atoms with Crippen molar-refractivity contribution in [2.75, 3.05) is 13.1 Å². The molecule has 0 spiro atoms. The number of aryl methyl sites for hydroxylation is 1. The molecule has 1 aromatic carbocycles. The van der Waals surface area contributed by atoms with Gasteiger partial charge in [-0.3, -0.25) is 24.6 Å². The molecular formula is C23H25FN4O3S. The van der Waals surface area contributed by atoms with Gasteiger partial charge in [-0.2, -0.15) is 0 Å². The minimum Gasteiger partial charge on any atom is -0.322 e. The van der Waals surface area contributed by atoms with Crippen LogP contribution in [0.4, 0.5) is 4.39 Å². The predicted octanol–water partition coefficient (Wildman–Crippen LogP) is 2.73. The van der Waals surface area contributed by atoms with Gasteiger partial charge in [0.05, 0.1) is 6.54 Å². The van der Waals surface area contributed by atoms with Crippen LogP contribution in [0.1, 0.15) is 63.0 Å². The highest BCUT2D eigenvalue weighted by Gasteiger charge is 2.40. The first-order valence-electron chi connectivity index (χ1n) is 11.0. The molecule has 0 radical (unpaired) electrons. The summed E-state index contributed by atoms with van der Waals surface area (Å²) in [6.45, 7) is 4.90. The van der Waals surface area contributed by atoms with Crippen LogP contribution in [0.2, 0.25) is 0 Å². The van der Waals surface area contributed by atoms with Crippen molar-refractivity contribution in [3.05, 3.63) is 50.7 Å². The van der Waals surface area contributed by atoms with Crippen LogP contribution >= 0.6 is 11.3 Å². The van der Waals surface area contributed by atoms with E-state index in [9.17, 15) is 14.4 Å². The zero-order chi connectivity index (χ0) is 22.4. The van der Waals surface area contributed by atoms with Gasteiger partial charge in [0.25, 0.3) is 5.91 Å². The first kappa shape index (κ1) is 21.2. The van der Waals surface area contributed by atoms with Crippen molar-refractivity contribution in [2.45, 2.75) is 57.7 Å². The minimum atomic E-state index is -0.683. The van der Waals surface area contributed by atoms with Gasteiger partial charge in [0.1, 0.15) is 16.9 Å². The molecule has 1 unspecified atom stereocenters. The summed E-state index contributed by atoms with van der Waals surface area (Å²) in [4.78, 5) is 46.0. The molecule has 4 heterocycles. The Kier molecular flexibility index (Phi) is 5.54. The van der Waals surface area contributed by atoms with Gasteiger partial charge < -0.3 is 4.90 Å². The quantitative estimate of drug-likeness (QED) is 0.716. The van der Waals surface area contributed by atoms with E-state index < -0.39 is 11.9 Å². The number of hydrogen-bond acceptors (Lipinski definition) is 6. The van der Waals surface area contributed by atoms with Crippen molar-refractivity contribution >= 4 is 29.1 Å². The van der Waals surface area contributed by atoms with Crippen LogP contribution in [0.3, 0.4) is 0 Å². The summed E-state index contributed by atoms with van der Waals surface area (Å²) in [5.41, 5.74) is 1.75. The molecule has 3 aliphatic rings. The average Bonchev–Trinajstić information content (AvgIpc) is 3.31. The number of carbonyl (C=O) groups excluding carboxylic acids is 3. The van der Waals surface area contributed by atoms with E-state index in [2.05, 4.69) is 22.1 Å². The Morgan fingerprint density at radius 3 is 2.66 bits per heavy atom. The van der Waals surface area contributed by atoms with Gasteiger partial charge in [0.15, 0.2) is 0 Å². The normalized spacial score (nSPS) is 22.4. The molecule has 0 aliphatic carbocycles. The second-order valence-corrected chi connectivity index (χ2v) is 10.2. The molecule has 2 saturated heterocycles. The van der Waals surface area contributed by atoms with E-state index >= 15 is 4.39 Å². The average molecular weight is 457 g/mol. The van der Waals surface area contributed by atoms with Crippen LogP contribution in [0.15, 0.2) is 18.3 Å². The Hall–Kier alpha value is -2.65. The number of halogens is 1. The lowest BCUT2D eigenvalue weighted by Gasteiger charge is -2.32. The number of nitrogens with zero attached hydrogens (tertiary/aromatic N) is 3. The maximum atomic E-state index is 15.0. The van der Waals surface area contributed by atoms with Gasteiger partial charge in [-0.25, -0.2) is 9.37 Å². The van der Waals surface area contributed by atoms with Gasteiger partial charge in [0.2, 0.25) is 11.8 Å². The summed E-state index contributed by atoms with van der Waals surface area (Å²) in [5.74, 6) is -1.36. The number of thiazole rings is 1. The number of carbonyl (C=O) groups is 3. The molecule has 1 aromatic heterocycles. The topological polar surface area (TPSA) is 82.6 Å². The molecule has 7 nitrogen and oxygen atoms in total. The summed E-state index contributed by atoms with van der Waals surface area (Å²) >= 11 is 1.71. The number of hydrogen-bond donors (Lipinski definition) is 1. The lowest BCUT2D eigenvalue weighted by atomic mass is 9.87. The lowest BCUT2D eigenvalue weighted by Crippen LogP contribution is -2.52. The molecule has 168 valence electrons. The monoisotopic (exact) mass is 456 g/mol. The van der Waals surface area contributed by atoms with E-state index in [-0.39, 0.29) is 36.5 Å². The summed E-state index contributed by atoms with van der Waals surface area (Å²) < 4.78 is 15.0. The second kappa shape index (κ2) is 8.37. The van der Waals surface area contributed by atoms with Crippen molar-refractivity contribution in [1.82, 2.24) is 20.1 Å². The molecule has 5 rings (SSSR count). The van der Waals surface area contributed by atoms with E-state index in [0.29, 0.717) is 17.5 Å². The first-order chi connectivity index (χ1) is 15.4. The largest absolute Gasteiger partial charge is 0.322 e. The number of nitrogens with one attached hydrogen (secondary N) is 1. The van der Waals surface area contributed by atoms with Crippen LogP contribution in [-0.2, 0) is 22.7 Å². The second-order valence-electron chi connectivity index (χ2n) is 8.85. The smallest absolute Gasteiger partial charge is 0.255 e. The van der Waals surface area contributed by atoms with E-state index in [1.807, 2.05) is 12.3 Å². The van der Waals surface area contributed by atoms with Crippen LogP contribution in [0.25, 0.3) is 0 Å². The number of benzene rings is 1. The maximum Gasteiger partial charge on any atom is 0.255 e. The summed E-state index contributed by atoms with van der Waals surface area (Å²) in [7, 11) is 0. The third kappa shape index (κ3) is 3.95. The van der Waals surface area contributed by atoms with Crippen molar-refractivity contribution in [2.24, 2.45) is 0 Å². The zero-order valence-corrected chi connectivity index (χ0v) is 18.7. The van der Waals surface area contributed by atoms with Crippen molar-refractivity contribution in [1.29, 1.82) is 0 Å². The Morgan fingerprint density at radius 2 is 1.97 bits per heavy atom. The highest BCUT2D eigenvalue weighted by Crippen LogP contribution is 2.35. The zero-order valence-electron chi connectivity index (χ0n) is 17.9. The van der Waals surface area contributed by atoms with E-state index in [1.54, 1.807) is 11.3 Å². The van der Waals surface area contributed by atoms with Gasteiger partial charge in [-0.05, 0) is 62.4 Å². The molecule has 1 N–H and O–H groups in total. The van der Waals surface area contributed by atoms with Crippen molar-refractivity contribution in [3.8, 4) is 0 Å². The Balaban J connectivity index is 1.27. The molecule has 0 bridgehead atoms. The summed E-state index contributed by atoms with van der Waals surface area (Å²) in [6, 6.07) is 2.47. The third-order valence-corrected chi connectivity index (χ3v) is 7.59. The van der Waals surface area contributed by atoms with Gasteiger partial charge in [0, 0.05) is 29.6 Å². The number of rotatable bonds is 4. The number of aromatic nitrogens is 1. The molecule has 9 heteroatoms. The van der Waals surface area contributed by atoms with Crippen LogP contribution < -0.4 is 5.32 Å². The molecule has 3 amide bonds. The number of imide groups is 1. The van der Waals surface area contributed by atoms with Crippen LogP contribution in [0.5, 0.6) is 0 Å². The lowest BCUT2D eigenvalue weighted by molar-refractivity contribution is -0.136. The summed E-state index contributed by atoms with van der Waals surface area (Å²) in [6.07, 6.45) is 4.11. The first-order valence-corrected chi connectivity index (χ1v) is 11.8. The highest BCUT2D eigenvalue weighted by atomic mass is 32.1. The molecule has 32 heavy (non-hydrogen) atoms. The van der Waals surface area contributed by atoms with E-state index in [1.165, 1.54) is 15.8 Å². The minimum absolute atomic E-state index is 0.106. The Morgan fingerprint density at radius 1 is 1.19 bits per heavy atom. The maximum absolute atomic E-state index is 15.0. The number of fused-ring (bicyclic) bond motifs is 1. The molecule has 2 fully saturated rings. The molecule has 1 atom stereocenters. The third-order valence-electron chi connectivity index (χ3n) is 6.70. The van der Waals surface area contributed by atoms with Gasteiger partial charge in [-0.15, -0.1) is 11.3 Å².